The van der Waals surface area contributed by atoms with Crippen molar-refractivity contribution >= 4 is 34.5 Å². The molecule has 0 aliphatic rings. The molecule has 0 aliphatic carbocycles. The van der Waals surface area contributed by atoms with Gasteiger partial charge in [-0.2, -0.15) is 0 Å². The van der Waals surface area contributed by atoms with E-state index in [2.05, 4.69) is 0 Å². The summed E-state index contributed by atoms with van der Waals surface area (Å²) in [6, 6.07) is 0. The van der Waals surface area contributed by atoms with Gasteiger partial charge < -0.3 is 14.9 Å². The summed E-state index contributed by atoms with van der Waals surface area (Å²) in [4.78, 5) is 0. The fraction of sp³-hybridized carbons (Fsp3) is 0.833. The topological polar surface area (TPSA) is 49.7 Å². The second kappa shape index (κ2) is 7.24. The van der Waals surface area contributed by atoms with E-state index in [4.69, 9.17) is 29.2 Å². The molecule has 0 fully saturated rings. The Morgan fingerprint density at radius 1 is 1.18 bits per heavy atom. The van der Waals surface area contributed by atoms with Crippen LogP contribution in [0.25, 0.3) is 0 Å². The third kappa shape index (κ3) is 4.48. The van der Waals surface area contributed by atoms with Gasteiger partial charge in [-0.15, -0.1) is 0 Å². The molecule has 5 heteroatoms. The van der Waals surface area contributed by atoms with Gasteiger partial charge in [-0.25, -0.2) is 0 Å². The molecule has 17 heavy (non-hydrogen) atoms. The van der Waals surface area contributed by atoms with Crippen molar-refractivity contribution in [1.82, 2.24) is 0 Å². The highest BCUT2D eigenvalue weighted by molar-refractivity contribution is 7.80. The zero-order valence-corrected chi connectivity index (χ0v) is 12.5. The summed E-state index contributed by atoms with van der Waals surface area (Å²) in [5.41, 5.74) is -1.05. The van der Waals surface area contributed by atoms with E-state index < -0.39 is 5.60 Å². The fourth-order valence-electron chi connectivity index (χ4n) is 1.67. The highest BCUT2D eigenvalue weighted by Gasteiger charge is 2.43. The summed E-state index contributed by atoms with van der Waals surface area (Å²) in [5.74, 6) is -0.0147. The van der Waals surface area contributed by atoms with E-state index >= 15 is 0 Å². The molecule has 0 bridgehead atoms. The molecule has 3 unspecified atom stereocenters. The number of thiocarbonyl (C=S) groups is 2. The summed E-state index contributed by atoms with van der Waals surface area (Å²) in [5, 5.41) is 18.7. The minimum absolute atomic E-state index is 0.0147. The Bertz CT molecular complexity index is 281. The van der Waals surface area contributed by atoms with Gasteiger partial charge in [0.05, 0.1) is 12.5 Å². The number of aliphatic hydroxyl groups is 2. The Labute approximate surface area is 114 Å². The van der Waals surface area contributed by atoms with E-state index in [0.717, 1.165) is 12.8 Å². The van der Waals surface area contributed by atoms with Crippen LogP contribution in [-0.4, -0.2) is 32.0 Å². The normalized spacial score (nSPS) is 18.1. The van der Waals surface area contributed by atoms with E-state index in [9.17, 15) is 10.2 Å². The molecular formula is C12H22O3S2. The van der Waals surface area contributed by atoms with Crippen molar-refractivity contribution in [2.75, 3.05) is 0 Å². The lowest BCUT2D eigenvalue weighted by atomic mass is 9.84. The molecule has 0 aromatic carbocycles. The number of hydrogen-bond donors (Lipinski definition) is 2. The van der Waals surface area contributed by atoms with Crippen LogP contribution in [0.1, 0.15) is 47.0 Å². The molecule has 0 heterocycles. The zero-order valence-electron chi connectivity index (χ0n) is 10.9. The molecule has 2 N–H and O–H groups in total. The molecular weight excluding hydrogens is 256 g/mol. The van der Waals surface area contributed by atoms with Crippen molar-refractivity contribution in [2.45, 2.75) is 58.7 Å². The predicted molar refractivity (Wildman–Crippen MR) is 78.1 cm³/mol. The number of ether oxygens (including phenoxy) is 1. The molecule has 0 aromatic heterocycles. The van der Waals surface area contributed by atoms with Crippen LogP contribution < -0.4 is 0 Å². The van der Waals surface area contributed by atoms with Gasteiger partial charge in [0.25, 0.3) is 0 Å². The molecule has 0 aliphatic heterocycles. The van der Waals surface area contributed by atoms with E-state index in [-0.39, 0.29) is 28.5 Å². The number of hydrogen-bond acceptors (Lipinski definition) is 3. The highest BCUT2D eigenvalue weighted by atomic mass is 32.1. The van der Waals surface area contributed by atoms with Gasteiger partial charge >= 0.3 is 0 Å². The standard InChI is InChI=1S/C12H22O3S2/c1-5-8(3)12(11(14)17,7-10(13)16)15-9(4)6-2/h8-9H,5-7H2,1-4H3,(H,13,16)(H,14,17). The van der Waals surface area contributed by atoms with Gasteiger partial charge in [0, 0.05) is 0 Å². The highest BCUT2D eigenvalue weighted by Crippen LogP contribution is 2.32. The fourth-order valence-corrected chi connectivity index (χ4v) is 2.20. The third-order valence-electron chi connectivity index (χ3n) is 3.17. The summed E-state index contributed by atoms with van der Waals surface area (Å²) < 4.78 is 5.87. The SMILES string of the molecule is CCC(C)OC(CC(O)=S)(C(O)=S)C(C)CC. The van der Waals surface area contributed by atoms with Gasteiger partial charge in [-0.05, 0) is 43.7 Å². The molecule has 100 valence electrons. The van der Waals surface area contributed by atoms with Crippen molar-refractivity contribution in [3.05, 3.63) is 0 Å². The number of aliphatic hydroxyl groups excluding tert-OH is 2. The lowest BCUT2D eigenvalue weighted by Crippen LogP contribution is -2.49. The van der Waals surface area contributed by atoms with Crippen molar-refractivity contribution in [3.63, 3.8) is 0 Å². The molecule has 0 radical (unpaired) electrons. The zero-order chi connectivity index (χ0) is 13.6. The van der Waals surface area contributed by atoms with Gasteiger partial charge in [-0.3, -0.25) is 0 Å². The third-order valence-corrected chi connectivity index (χ3v) is 3.66. The molecule has 0 aromatic rings. The van der Waals surface area contributed by atoms with Gasteiger partial charge in [-0.1, -0.05) is 27.2 Å². The lowest BCUT2D eigenvalue weighted by molar-refractivity contribution is -0.0778. The van der Waals surface area contributed by atoms with Crippen LogP contribution >= 0.6 is 24.4 Å². The second-order valence-corrected chi connectivity index (χ2v) is 5.27. The Balaban J connectivity index is 5.23. The average Bonchev–Trinajstić information content (AvgIpc) is 2.25. The first-order valence-corrected chi connectivity index (χ1v) is 6.74. The van der Waals surface area contributed by atoms with Crippen LogP contribution in [0.4, 0.5) is 0 Å². The first-order valence-electron chi connectivity index (χ1n) is 5.93. The summed E-state index contributed by atoms with van der Waals surface area (Å²) >= 11 is 9.64. The Kier molecular flexibility index (Phi) is 7.13. The smallest absolute Gasteiger partial charge is 0.190 e. The van der Waals surface area contributed by atoms with Crippen LogP contribution in [-0.2, 0) is 4.74 Å². The summed E-state index contributed by atoms with van der Waals surface area (Å²) in [7, 11) is 0. The summed E-state index contributed by atoms with van der Waals surface area (Å²) in [6.45, 7) is 7.82. The maximum Gasteiger partial charge on any atom is 0.190 e. The Morgan fingerprint density at radius 3 is 2.00 bits per heavy atom. The lowest BCUT2D eigenvalue weighted by Gasteiger charge is -2.38. The van der Waals surface area contributed by atoms with Crippen molar-refractivity contribution in [1.29, 1.82) is 0 Å². The molecule has 0 spiro atoms. The molecule has 0 saturated heterocycles. The van der Waals surface area contributed by atoms with E-state index in [1.165, 1.54) is 0 Å². The van der Waals surface area contributed by atoms with Gasteiger partial charge in [0.1, 0.15) is 5.60 Å². The van der Waals surface area contributed by atoms with Crippen molar-refractivity contribution < 1.29 is 14.9 Å². The van der Waals surface area contributed by atoms with E-state index in [1.807, 2.05) is 27.7 Å². The summed E-state index contributed by atoms with van der Waals surface area (Å²) in [6.07, 6.45) is 1.60. The number of rotatable bonds is 8. The van der Waals surface area contributed by atoms with Crippen molar-refractivity contribution in [3.8, 4) is 0 Å². The molecule has 3 atom stereocenters. The van der Waals surface area contributed by atoms with Crippen molar-refractivity contribution in [2.24, 2.45) is 5.92 Å². The van der Waals surface area contributed by atoms with Crippen LogP contribution in [0, 0.1) is 5.92 Å². The van der Waals surface area contributed by atoms with Gasteiger partial charge in [0.2, 0.25) is 0 Å². The monoisotopic (exact) mass is 278 g/mol. The van der Waals surface area contributed by atoms with E-state index in [1.54, 1.807) is 0 Å². The van der Waals surface area contributed by atoms with Crippen LogP contribution in [0.2, 0.25) is 0 Å². The molecule has 3 nitrogen and oxygen atoms in total. The van der Waals surface area contributed by atoms with E-state index in [0.29, 0.717) is 0 Å². The minimum Gasteiger partial charge on any atom is -0.502 e. The maximum atomic E-state index is 9.79. The molecule has 0 saturated carbocycles. The Morgan fingerprint density at radius 2 is 1.71 bits per heavy atom. The largest absolute Gasteiger partial charge is 0.502 e. The predicted octanol–water partition coefficient (Wildman–Crippen LogP) is 3.75. The Hall–Kier alpha value is -0.260. The average molecular weight is 278 g/mol. The first-order chi connectivity index (χ1) is 7.80. The minimum atomic E-state index is -1.05. The second-order valence-electron chi connectivity index (χ2n) is 4.41. The van der Waals surface area contributed by atoms with Gasteiger partial charge in [0.15, 0.2) is 10.1 Å². The van der Waals surface area contributed by atoms with Crippen LogP contribution in [0.3, 0.4) is 0 Å². The quantitative estimate of drug-likeness (QED) is 0.662. The van der Waals surface area contributed by atoms with Crippen LogP contribution in [0.5, 0.6) is 0 Å². The molecule has 0 amide bonds. The maximum absolute atomic E-state index is 9.79. The van der Waals surface area contributed by atoms with Crippen LogP contribution in [0.15, 0.2) is 0 Å². The molecule has 0 rings (SSSR count). The first kappa shape index (κ1) is 16.7.